The molecular weight excluding hydrogens is 582 g/mol. The lowest BCUT2D eigenvalue weighted by molar-refractivity contribution is -0.143. The van der Waals surface area contributed by atoms with Gasteiger partial charge in [-0.05, 0) is 72.9 Å². The number of carbonyl (C=O) groups excluding carboxylic acids is 2. The molecule has 1 fully saturated rings. The minimum absolute atomic E-state index is 0.0171. The fraction of sp³-hybridized carbons (Fsp3) is 0.500. The molecule has 2 amide bonds. The Kier molecular flexibility index (Phi) is 10.4. The first-order valence-electron chi connectivity index (χ1n) is 13.7. The van der Waals surface area contributed by atoms with Gasteiger partial charge in [-0.3, -0.25) is 9.59 Å². The highest BCUT2D eigenvalue weighted by atomic mass is 19.4. The van der Waals surface area contributed by atoms with Crippen molar-refractivity contribution in [3.05, 3.63) is 64.7 Å². The summed E-state index contributed by atoms with van der Waals surface area (Å²) in [6.07, 6.45) is -8.93. The van der Waals surface area contributed by atoms with Gasteiger partial charge in [0.2, 0.25) is 0 Å². The molecular formula is C30H34F6N2O5. The van der Waals surface area contributed by atoms with Crippen LogP contribution in [0.4, 0.5) is 31.1 Å². The first-order valence-corrected chi connectivity index (χ1v) is 13.7. The molecule has 7 nitrogen and oxygen atoms in total. The quantitative estimate of drug-likeness (QED) is 0.299. The Labute approximate surface area is 245 Å². The summed E-state index contributed by atoms with van der Waals surface area (Å²) < 4.78 is 85.4. The largest absolute Gasteiger partial charge is 0.481 e. The smallest absolute Gasteiger partial charge is 0.416 e. The number of alkyl halides is 6. The van der Waals surface area contributed by atoms with E-state index in [-0.39, 0.29) is 36.6 Å². The monoisotopic (exact) mass is 616 g/mol. The topological polar surface area (TPSA) is 95.9 Å². The van der Waals surface area contributed by atoms with E-state index in [1.54, 1.807) is 12.1 Å². The lowest BCUT2D eigenvalue weighted by Gasteiger charge is -2.40. The number of ether oxygens (including phenoxy) is 1. The Hall–Kier alpha value is -3.77. The summed E-state index contributed by atoms with van der Waals surface area (Å²) in [5, 5.41) is 11.2. The van der Waals surface area contributed by atoms with Gasteiger partial charge in [0.25, 0.3) is 5.91 Å². The normalized spacial score (nSPS) is 17.7. The van der Waals surface area contributed by atoms with Gasteiger partial charge < -0.3 is 20.1 Å². The average Bonchev–Trinajstić information content (AvgIpc) is 2.90. The molecule has 2 aromatic rings. The van der Waals surface area contributed by atoms with Crippen LogP contribution in [-0.4, -0.2) is 40.6 Å². The predicted octanol–water partition coefficient (Wildman–Crippen LogP) is 7.53. The zero-order valence-corrected chi connectivity index (χ0v) is 23.9. The Bertz CT molecular complexity index is 1260. The number of benzene rings is 2. The van der Waals surface area contributed by atoms with Crippen LogP contribution >= 0.6 is 0 Å². The maximum absolute atomic E-state index is 13.4. The van der Waals surface area contributed by atoms with Gasteiger partial charge in [0.1, 0.15) is 5.75 Å². The van der Waals surface area contributed by atoms with Crippen LogP contribution in [0.5, 0.6) is 5.75 Å². The lowest BCUT2D eigenvalue weighted by atomic mass is 9.71. The fourth-order valence-corrected chi connectivity index (χ4v) is 5.08. The van der Waals surface area contributed by atoms with E-state index in [1.165, 1.54) is 17.0 Å². The maximum Gasteiger partial charge on any atom is 0.416 e. The van der Waals surface area contributed by atoms with Crippen LogP contribution < -0.4 is 10.1 Å². The van der Waals surface area contributed by atoms with E-state index < -0.39 is 53.2 Å². The van der Waals surface area contributed by atoms with E-state index in [4.69, 9.17) is 9.84 Å². The van der Waals surface area contributed by atoms with Gasteiger partial charge in [0.05, 0.1) is 17.5 Å². The molecule has 0 spiro atoms. The van der Waals surface area contributed by atoms with Crippen molar-refractivity contribution in [2.45, 2.75) is 77.8 Å². The van der Waals surface area contributed by atoms with Crippen LogP contribution in [0, 0.1) is 11.3 Å². The van der Waals surface area contributed by atoms with E-state index in [0.717, 1.165) is 12.8 Å². The van der Waals surface area contributed by atoms with Crippen molar-refractivity contribution < 1.29 is 50.6 Å². The molecule has 0 atom stereocenters. The Morgan fingerprint density at radius 3 is 1.88 bits per heavy atom. The van der Waals surface area contributed by atoms with Gasteiger partial charge in [-0.1, -0.05) is 32.9 Å². The van der Waals surface area contributed by atoms with Crippen molar-refractivity contribution in [3.8, 4) is 5.75 Å². The molecule has 1 aliphatic rings. The number of aliphatic carboxylic acids is 1. The number of nitrogens with one attached hydrogen (secondary N) is 1. The molecule has 2 N–H and O–H groups in total. The predicted molar refractivity (Wildman–Crippen MR) is 144 cm³/mol. The summed E-state index contributed by atoms with van der Waals surface area (Å²) in [5.74, 6) is -2.10. The third-order valence-corrected chi connectivity index (χ3v) is 7.56. The summed E-state index contributed by atoms with van der Waals surface area (Å²) in [6.45, 7) is 6.17. The number of carboxylic acid groups (broad SMARTS) is 1. The first kappa shape index (κ1) is 33.7. The van der Waals surface area contributed by atoms with Gasteiger partial charge in [0.15, 0.2) is 0 Å². The van der Waals surface area contributed by atoms with Gasteiger partial charge in [-0.2, -0.15) is 26.3 Å². The van der Waals surface area contributed by atoms with Gasteiger partial charge >= 0.3 is 24.4 Å². The van der Waals surface area contributed by atoms with Crippen molar-refractivity contribution >= 4 is 18.0 Å². The molecule has 1 saturated carbocycles. The molecule has 3 rings (SSSR count). The second kappa shape index (κ2) is 13.3. The maximum atomic E-state index is 13.4. The number of rotatable bonds is 8. The van der Waals surface area contributed by atoms with Gasteiger partial charge in [-0.15, -0.1) is 0 Å². The number of hydrogen-bond acceptors (Lipinski definition) is 4. The molecule has 2 aromatic carbocycles. The first-order chi connectivity index (χ1) is 19.8. The van der Waals surface area contributed by atoms with E-state index in [1.807, 2.05) is 0 Å². The van der Waals surface area contributed by atoms with Gasteiger partial charge in [-0.25, -0.2) is 4.79 Å². The van der Waals surface area contributed by atoms with Crippen molar-refractivity contribution in [2.75, 3.05) is 6.54 Å². The third kappa shape index (κ3) is 9.62. The molecule has 13 heteroatoms. The highest BCUT2D eigenvalue weighted by Crippen LogP contribution is 2.41. The van der Waals surface area contributed by atoms with E-state index in [9.17, 15) is 40.7 Å². The summed E-state index contributed by atoms with van der Waals surface area (Å²) in [7, 11) is 0. The van der Waals surface area contributed by atoms with Crippen LogP contribution in [0.2, 0.25) is 0 Å². The number of hydrogen-bond donors (Lipinski definition) is 2. The fourth-order valence-electron chi connectivity index (χ4n) is 5.08. The van der Waals surface area contributed by atoms with Crippen LogP contribution in [0.1, 0.15) is 79.9 Å². The Morgan fingerprint density at radius 1 is 0.884 bits per heavy atom. The zero-order valence-electron chi connectivity index (χ0n) is 23.9. The third-order valence-electron chi connectivity index (χ3n) is 7.56. The van der Waals surface area contributed by atoms with Gasteiger partial charge in [0, 0.05) is 24.7 Å². The minimum atomic E-state index is -5.10. The molecule has 43 heavy (non-hydrogen) atoms. The van der Waals surface area contributed by atoms with Crippen LogP contribution in [0.25, 0.3) is 0 Å². The number of halogens is 6. The molecule has 0 aromatic heterocycles. The molecule has 0 aliphatic heterocycles. The summed E-state index contributed by atoms with van der Waals surface area (Å²) in [4.78, 5) is 37.6. The summed E-state index contributed by atoms with van der Waals surface area (Å²) >= 11 is 0. The van der Waals surface area contributed by atoms with E-state index in [2.05, 4.69) is 26.1 Å². The van der Waals surface area contributed by atoms with E-state index >= 15 is 0 Å². The highest BCUT2D eigenvalue weighted by Gasteiger charge is 2.38. The lowest BCUT2D eigenvalue weighted by Crippen LogP contribution is -2.44. The Balaban J connectivity index is 1.86. The average molecular weight is 617 g/mol. The van der Waals surface area contributed by atoms with Crippen molar-refractivity contribution in [2.24, 2.45) is 11.3 Å². The second-order valence-corrected chi connectivity index (χ2v) is 11.7. The van der Waals surface area contributed by atoms with Crippen LogP contribution in [-0.2, 0) is 23.7 Å². The number of amides is 2. The standard InChI is InChI=1S/C30H34F6N2O5/c1-28(2,3)20-8-10-23(11-9-20)38(17-18-4-6-19(7-5-18)26(41)37-13-12-25(39)40)27(42)43-24-15-21(29(31,32)33)14-22(16-24)30(34,35)36/h4-7,14-16,20,23H,8-13,17H2,1-3H3,(H,37,41)(H,39,40). The second-order valence-electron chi connectivity index (χ2n) is 11.7. The Morgan fingerprint density at radius 2 is 1.42 bits per heavy atom. The SMILES string of the molecule is CC(C)(C)C1CCC(N(Cc2ccc(C(=O)NCCC(=O)O)cc2)C(=O)Oc2cc(C(F)(F)F)cc(C(F)(F)F)c2)CC1. The van der Waals surface area contributed by atoms with Crippen molar-refractivity contribution in [1.29, 1.82) is 0 Å². The molecule has 1 aliphatic carbocycles. The van der Waals surface area contributed by atoms with Crippen molar-refractivity contribution in [3.63, 3.8) is 0 Å². The number of carboxylic acids is 1. The molecule has 0 radical (unpaired) electrons. The zero-order chi connectivity index (χ0) is 32.2. The van der Waals surface area contributed by atoms with Crippen LogP contribution in [0.3, 0.4) is 0 Å². The molecule has 0 unspecified atom stereocenters. The number of carbonyl (C=O) groups is 3. The summed E-state index contributed by atoms with van der Waals surface area (Å²) in [5.41, 5.74) is -2.41. The van der Waals surface area contributed by atoms with Crippen molar-refractivity contribution in [1.82, 2.24) is 10.2 Å². The van der Waals surface area contributed by atoms with E-state index in [0.29, 0.717) is 36.5 Å². The number of nitrogens with zero attached hydrogens (tertiary/aromatic N) is 1. The molecule has 236 valence electrons. The minimum Gasteiger partial charge on any atom is -0.481 e. The van der Waals surface area contributed by atoms with Crippen LogP contribution in [0.15, 0.2) is 42.5 Å². The molecule has 0 saturated heterocycles. The summed E-state index contributed by atoms with van der Waals surface area (Å²) in [6, 6.07) is 6.33. The highest BCUT2D eigenvalue weighted by molar-refractivity contribution is 5.94. The molecule has 0 heterocycles. The molecule has 0 bridgehead atoms.